The third-order valence-corrected chi connectivity index (χ3v) is 3.15. The van der Waals surface area contributed by atoms with Crippen LogP contribution in [0.5, 0.6) is 0 Å². The van der Waals surface area contributed by atoms with Gasteiger partial charge in [-0.05, 0) is 51.0 Å². The maximum Gasteiger partial charge on any atom is 0.407 e. The van der Waals surface area contributed by atoms with E-state index in [1.54, 1.807) is 20.8 Å². The van der Waals surface area contributed by atoms with Crippen LogP contribution in [-0.2, 0) is 4.74 Å². The lowest BCUT2D eigenvalue weighted by atomic mass is 9.91. The molecule has 7 nitrogen and oxygen atoms in total. The average molecular weight is 328 g/mol. The molecule has 0 aromatic carbocycles. The van der Waals surface area contributed by atoms with Gasteiger partial charge < -0.3 is 15.2 Å². The van der Waals surface area contributed by atoms with Crippen LogP contribution in [-0.4, -0.2) is 35.0 Å². The van der Waals surface area contributed by atoms with Crippen molar-refractivity contribution in [3.63, 3.8) is 0 Å². The molecule has 0 aliphatic rings. The summed E-state index contributed by atoms with van der Waals surface area (Å²) in [5, 5.41) is 17.0. The lowest BCUT2D eigenvalue weighted by Gasteiger charge is -2.31. The molecule has 0 rings (SSSR count). The number of rotatable bonds is 8. The summed E-state index contributed by atoms with van der Waals surface area (Å²) in [6, 6.07) is -1.11. The predicted octanol–water partition coefficient (Wildman–Crippen LogP) is 4.01. The van der Waals surface area contributed by atoms with Gasteiger partial charge in [-0.15, -0.1) is 0 Å². The number of alkyl carbamates (subject to hydrolysis) is 1. The molecule has 134 valence electrons. The number of hydrogen-bond acceptors (Lipinski definition) is 4. The quantitative estimate of drug-likeness (QED) is 0.399. The Kier molecular flexibility index (Phi) is 9.02. The number of aliphatic hydroxyl groups is 1. The normalized spacial score (nSPS) is 15.7. The topological polar surface area (TPSA) is 107 Å². The highest BCUT2D eigenvalue weighted by atomic mass is 16.6. The maximum atomic E-state index is 12.0. The average Bonchev–Trinajstić information content (AvgIpc) is 2.33. The van der Waals surface area contributed by atoms with Gasteiger partial charge in [0.05, 0.1) is 18.2 Å². The Bertz CT molecular complexity index is 412. The Morgan fingerprint density at radius 1 is 1.22 bits per heavy atom. The largest absolute Gasteiger partial charge is 0.444 e. The lowest BCUT2D eigenvalue weighted by molar-refractivity contribution is 0.0356. The van der Waals surface area contributed by atoms with Crippen LogP contribution in [0.15, 0.2) is 5.11 Å². The second-order valence-corrected chi connectivity index (χ2v) is 7.77. The van der Waals surface area contributed by atoms with Crippen LogP contribution in [0.4, 0.5) is 4.79 Å². The first kappa shape index (κ1) is 21.5. The number of azide groups is 1. The van der Waals surface area contributed by atoms with Gasteiger partial charge in [0.2, 0.25) is 0 Å². The van der Waals surface area contributed by atoms with E-state index in [9.17, 15) is 9.90 Å². The summed E-state index contributed by atoms with van der Waals surface area (Å²) >= 11 is 0. The first-order valence-electron chi connectivity index (χ1n) is 8.18. The number of ether oxygens (including phenoxy) is 1. The highest BCUT2D eigenvalue weighted by Gasteiger charge is 2.30. The zero-order valence-electron chi connectivity index (χ0n) is 15.4. The molecule has 0 fully saturated rings. The smallest absolute Gasteiger partial charge is 0.407 e. The molecule has 0 radical (unpaired) electrons. The van der Waals surface area contributed by atoms with Crippen molar-refractivity contribution in [3.8, 4) is 0 Å². The molecule has 7 heteroatoms. The molecule has 0 spiro atoms. The molecule has 0 heterocycles. The van der Waals surface area contributed by atoms with Gasteiger partial charge in [0.15, 0.2) is 0 Å². The molecule has 0 bridgehead atoms. The Balaban J connectivity index is 5.11. The minimum Gasteiger partial charge on any atom is -0.444 e. The number of carbonyl (C=O) groups excluding carboxylic acids is 1. The lowest BCUT2D eigenvalue weighted by Crippen LogP contribution is -2.50. The minimum atomic E-state index is -0.955. The Morgan fingerprint density at radius 3 is 2.13 bits per heavy atom. The third-order valence-electron chi connectivity index (χ3n) is 3.15. The fourth-order valence-electron chi connectivity index (χ4n) is 2.32. The van der Waals surface area contributed by atoms with Gasteiger partial charge in [0, 0.05) is 4.91 Å². The molecule has 3 atom stereocenters. The molecular formula is C16H32N4O3. The Labute approximate surface area is 139 Å². The Morgan fingerprint density at radius 2 is 1.74 bits per heavy atom. The number of aliphatic hydroxyl groups excluding tert-OH is 1. The minimum absolute atomic E-state index is 0.260. The van der Waals surface area contributed by atoms with Crippen molar-refractivity contribution in [1.82, 2.24) is 5.32 Å². The molecule has 0 aromatic rings. The summed E-state index contributed by atoms with van der Waals surface area (Å²) in [7, 11) is 0. The second kappa shape index (κ2) is 9.63. The molecule has 0 saturated heterocycles. The van der Waals surface area contributed by atoms with Crippen molar-refractivity contribution in [3.05, 3.63) is 10.4 Å². The number of carbonyl (C=O) groups is 1. The summed E-state index contributed by atoms with van der Waals surface area (Å²) in [5.41, 5.74) is 8.12. The van der Waals surface area contributed by atoms with Crippen LogP contribution >= 0.6 is 0 Å². The molecule has 0 aromatic heterocycles. The molecule has 0 aliphatic heterocycles. The van der Waals surface area contributed by atoms with E-state index in [0.29, 0.717) is 12.8 Å². The van der Waals surface area contributed by atoms with E-state index in [2.05, 4.69) is 15.3 Å². The molecular weight excluding hydrogens is 296 g/mol. The SMILES string of the molecule is CC(C)CC(N=[N+]=[N-])C(O)[C@H](CC(C)C)NC(=O)OC(C)(C)C. The first-order chi connectivity index (χ1) is 10.5. The van der Waals surface area contributed by atoms with Crippen LogP contribution < -0.4 is 5.32 Å². The van der Waals surface area contributed by atoms with Crippen LogP contribution in [0, 0.1) is 11.8 Å². The monoisotopic (exact) mass is 328 g/mol. The molecule has 23 heavy (non-hydrogen) atoms. The maximum absolute atomic E-state index is 12.0. The summed E-state index contributed by atoms with van der Waals surface area (Å²) in [5.74, 6) is 0.525. The van der Waals surface area contributed by atoms with Gasteiger partial charge in [-0.3, -0.25) is 0 Å². The van der Waals surface area contributed by atoms with Gasteiger partial charge in [-0.25, -0.2) is 4.79 Å². The molecule has 2 N–H and O–H groups in total. The number of hydrogen-bond donors (Lipinski definition) is 2. The van der Waals surface area contributed by atoms with Crippen molar-refractivity contribution < 1.29 is 14.6 Å². The van der Waals surface area contributed by atoms with E-state index < -0.39 is 29.9 Å². The first-order valence-corrected chi connectivity index (χ1v) is 8.18. The van der Waals surface area contributed by atoms with Gasteiger partial charge in [0.25, 0.3) is 0 Å². The molecule has 0 aliphatic carbocycles. The zero-order valence-corrected chi connectivity index (χ0v) is 15.4. The number of nitrogens with one attached hydrogen (secondary N) is 1. The molecule has 0 saturated carbocycles. The van der Waals surface area contributed by atoms with Crippen LogP contribution in [0.25, 0.3) is 10.4 Å². The van der Waals surface area contributed by atoms with Crippen LogP contribution in [0.3, 0.4) is 0 Å². The van der Waals surface area contributed by atoms with E-state index >= 15 is 0 Å². The fourth-order valence-corrected chi connectivity index (χ4v) is 2.32. The summed E-state index contributed by atoms with van der Waals surface area (Å²) in [4.78, 5) is 14.8. The summed E-state index contributed by atoms with van der Waals surface area (Å²) < 4.78 is 5.26. The highest BCUT2D eigenvalue weighted by molar-refractivity contribution is 5.68. The van der Waals surface area contributed by atoms with Gasteiger partial charge in [0.1, 0.15) is 5.60 Å². The Hall–Kier alpha value is -1.46. The van der Waals surface area contributed by atoms with Crippen molar-refractivity contribution in [2.75, 3.05) is 0 Å². The second-order valence-electron chi connectivity index (χ2n) is 7.77. The van der Waals surface area contributed by atoms with E-state index in [4.69, 9.17) is 10.3 Å². The summed E-state index contributed by atoms with van der Waals surface area (Å²) in [6.07, 6.45) is -0.416. The highest BCUT2D eigenvalue weighted by Crippen LogP contribution is 2.19. The standard InChI is InChI=1S/C16H32N4O3/c1-10(2)8-12(18-15(22)23-16(5,6)7)14(21)13(19-20-17)9-11(3)4/h10-14,21H,8-9H2,1-7H3,(H,18,22)/t12-,13?,14?/m0/s1. The van der Waals surface area contributed by atoms with E-state index in [1.165, 1.54) is 0 Å². The van der Waals surface area contributed by atoms with E-state index in [0.717, 1.165) is 0 Å². The van der Waals surface area contributed by atoms with Crippen molar-refractivity contribution >= 4 is 6.09 Å². The van der Waals surface area contributed by atoms with Gasteiger partial charge in [-0.1, -0.05) is 32.8 Å². The number of amides is 1. The van der Waals surface area contributed by atoms with Crippen molar-refractivity contribution in [1.29, 1.82) is 0 Å². The van der Waals surface area contributed by atoms with Gasteiger partial charge >= 0.3 is 6.09 Å². The predicted molar refractivity (Wildman–Crippen MR) is 91.0 cm³/mol. The van der Waals surface area contributed by atoms with E-state index in [-0.39, 0.29) is 11.8 Å². The van der Waals surface area contributed by atoms with E-state index in [1.807, 2.05) is 27.7 Å². The third kappa shape index (κ3) is 10.0. The van der Waals surface area contributed by atoms with Crippen LogP contribution in [0.1, 0.15) is 61.3 Å². The molecule has 1 amide bonds. The fraction of sp³-hybridized carbons (Fsp3) is 0.938. The van der Waals surface area contributed by atoms with Crippen LogP contribution in [0.2, 0.25) is 0 Å². The van der Waals surface area contributed by atoms with Gasteiger partial charge in [-0.2, -0.15) is 0 Å². The van der Waals surface area contributed by atoms with Crippen molar-refractivity contribution in [2.45, 2.75) is 85.1 Å². The van der Waals surface area contributed by atoms with Crippen molar-refractivity contribution in [2.24, 2.45) is 17.0 Å². The summed E-state index contributed by atoms with van der Waals surface area (Å²) in [6.45, 7) is 13.3. The number of nitrogens with zero attached hydrogens (tertiary/aromatic N) is 3. The zero-order chi connectivity index (χ0) is 18.2. The molecule has 2 unspecified atom stereocenters.